The first-order valence-electron chi connectivity index (χ1n) is 8.52. The maximum Gasteiger partial charge on any atom is 0.251 e. The molecule has 3 aromatic rings. The molecule has 0 bridgehead atoms. The smallest absolute Gasteiger partial charge is 0.251 e. The fourth-order valence-electron chi connectivity index (χ4n) is 2.82. The number of carbonyl (C=O) groups is 1. The third-order valence-electron chi connectivity index (χ3n) is 4.31. The molecule has 5 heteroatoms. The van der Waals surface area contributed by atoms with E-state index in [2.05, 4.69) is 26.2 Å². The largest absolute Gasteiger partial charge is 0.441 e. The van der Waals surface area contributed by atoms with Gasteiger partial charge in [-0.25, -0.2) is 4.98 Å². The Morgan fingerprint density at radius 2 is 1.85 bits per heavy atom. The summed E-state index contributed by atoms with van der Waals surface area (Å²) in [4.78, 5) is 17.0. The lowest BCUT2D eigenvalue weighted by atomic mass is 10.1. The number of hydrogen-bond donors (Lipinski definition) is 1. The Morgan fingerprint density at radius 1 is 1.12 bits per heavy atom. The number of halogens is 1. The quantitative estimate of drug-likeness (QED) is 0.641. The number of aromatic nitrogens is 1. The van der Waals surface area contributed by atoms with Gasteiger partial charge in [0.1, 0.15) is 5.76 Å². The number of benzene rings is 2. The van der Waals surface area contributed by atoms with Gasteiger partial charge in [-0.1, -0.05) is 40.2 Å². The predicted octanol–water partition coefficient (Wildman–Crippen LogP) is 5.00. The Morgan fingerprint density at radius 3 is 2.58 bits per heavy atom. The van der Waals surface area contributed by atoms with Gasteiger partial charge in [0.25, 0.3) is 5.91 Å². The molecule has 0 saturated heterocycles. The summed E-state index contributed by atoms with van der Waals surface area (Å²) in [5.74, 6) is 1.32. The van der Waals surface area contributed by atoms with Gasteiger partial charge >= 0.3 is 0 Å². The van der Waals surface area contributed by atoms with Crippen LogP contribution < -0.4 is 5.32 Å². The first kappa shape index (κ1) is 18.4. The average molecular weight is 413 g/mol. The molecule has 3 rings (SSSR count). The maximum absolute atomic E-state index is 12.5. The summed E-state index contributed by atoms with van der Waals surface area (Å²) in [7, 11) is 0. The minimum Gasteiger partial charge on any atom is -0.441 e. The average Bonchev–Trinajstić information content (AvgIpc) is 3.00. The highest BCUT2D eigenvalue weighted by molar-refractivity contribution is 9.10. The van der Waals surface area contributed by atoms with Crippen molar-refractivity contribution in [2.45, 2.75) is 27.2 Å². The second-order valence-corrected chi connectivity index (χ2v) is 7.16. The van der Waals surface area contributed by atoms with E-state index < -0.39 is 0 Å². The van der Waals surface area contributed by atoms with E-state index >= 15 is 0 Å². The molecule has 4 nitrogen and oxygen atoms in total. The number of nitrogens with one attached hydrogen (secondary N) is 1. The maximum atomic E-state index is 12.5. The molecule has 0 aliphatic carbocycles. The molecule has 134 valence electrons. The Labute approximate surface area is 161 Å². The second-order valence-electron chi connectivity index (χ2n) is 6.31. The van der Waals surface area contributed by atoms with E-state index in [0.29, 0.717) is 24.4 Å². The van der Waals surface area contributed by atoms with Gasteiger partial charge < -0.3 is 9.73 Å². The van der Waals surface area contributed by atoms with E-state index in [4.69, 9.17) is 4.42 Å². The summed E-state index contributed by atoms with van der Waals surface area (Å²) in [6.07, 6.45) is 0.625. The van der Waals surface area contributed by atoms with Gasteiger partial charge in [-0.2, -0.15) is 0 Å². The first-order valence-corrected chi connectivity index (χ1v) is 9.31. The number of oxazole rings is 1. The molecule has 0 unspecified atom stereocenters. The number of nitrogens with zero attached hydrogens (tertiary/aromatic N) is 1. The Bertz CT molecular complexity index is 933. The minimum absolute atomic E-state index is 0.0763. The third-order valence-corrected chi connectivity index (χ3v) is 5.17. The first-order chi connectivity index (χ1) is 12.5. The molecule has 0 saturated carbocycles. The van der Waals surface area contributed by atoms with Crippen molar-refractivity contribution >= 4 is 21.8 Å². The molecule has 0 atom stereocenters. The highest BCUT2D eigenvalue weighted by Gasteiger charge is 2.13. The number of amides is 1. The van der Waals surface area contributed by atoms with E-state index in [1.54, 1.807) is 0 Å². The summed E-state index contributed by atoms with van der Waals surface area (Å²) in [5.41, 5.74) is 4.58. The summed E-state index contributed by atoms with van der Waals surface area (Å²) in [6, 6.07) is 13.7. The second kappa shape index (κ2) is 7.87. The molecule has 1 aromatic heterocycles. The number of aryl methyl sites for hydroxylation is 3. The van der Waals surface area contributed by atoms with Crippen LogP contribution in [0.1, 0.15) is 32.9 Å². The molecule has 0 aliphatic rings. The summed E-state index contributed by atoms with van der Waals surface area (Å²) < 4.78 is 6.70. The third kappa shape index (κ3) is 4.05. The zero-order valence-electron chi connectivity index (χ0n) is 15.1. The molecule has 0 fully saturated rings. The van der Waals surface area contributed by atoms with Gasteiger partial charge in [0.05, 0.1) is 5.69 Å². The minimum atomic E-state index is -0.0763. The van der Waals surface area contributed by atoms with Crippen molar-refractivity contribution in [1.29, 1.82) is 0 Å². The van der Waals surface area contributed by atoms with Gasteiger partial charge in [-0.15, -0.1) is 0 Å². The van der Waals surface area contributed by atoms with Crippen LogP contribution in [0, 0.1) is 20.8 Å². The van der Waals surface area contributed by atoms with Crippen molar-refractivity contribution in [1.82, 2.24) is 10.3 Å². The fraction of sp³-hybridized carbons (Fsp3) is 0.238. The molecular formula is C21H21BrN2O2. The van der Waals surface area contributed by atoms with E-state index in [1.807, 2.05) is 63.2 Å². The Balaban J connectivity index is 1.64. The van der Waals surface area contributed by atoms with Crippen molar-refractivity contribution in [2.24, 2.45) is 0 Å². The van der Waals surface area contributed by atoms with Crippen molar-refractivity contribution in [3.05, 3.63) is 75.1 Å². The van der Waals surface area contributed by atoms with Crippen LogP contribution in [0.15, 0.2) is 51.4 Å². The van der Waals surface area contributed by atoms with Crippen LogP contribution in [0.5, 0.6) is 0 Å². The molecule has 0 aliphatic heterocycles. The van der Waals surface area contributed by atoms with Crippen LogP contribution in [0.2, 0.25) is 0 Å². The van der Waals surface area contributed by atoms with Crippen LogP contribution >= 0.6 is 15.9 Å². The van der Waals surface area contributed by atoms with Gasteiger partial charge in [-0.3, -0.25) is 4.79 Å². The Hall–Kier alpha value is -2.40. The fourth-order valence-corrected chi connectivity index (χ4v) is 3.17. The zero-order chi connectivity index (χ0) is 18.7. The predicted molar refractivity (Wildman–Crippen MR) is 106 cm³/mol. The molecule has 0 spiro atoms. The van der Waals surface area contributed by atoms with Crippen molar-refractivity contribution in [2.75, 3.05) is 6.54 Å². The summed E-state index contributed by atoms with van der Waals surface area (Å²) >= 11 is 3.49. The number of hydrogen-bond acceptors (Lipinski definition) is 3. The molecule has 0 radical (unpaired) electrons. The van der Waals surface area contributed by atoms with Crippen molar-refractivity contribution in [3.63, 3.8) is 0 Å². The van der Waals surface area contributed by atoms with Crippen molar-refractivity contribution < 1.29 is 9.21 Å². The monoisotopic (exact) mass is 412 g/mol. The van der Waals surface area contributed by atoms with Crippen LogP contribution in [0.4, 0.5) is 0 Å². The summed E-state index contributed by atoms with van der Waals surface area (Å²) in [6.45, 7) is 6.36. The Kier molecular flexibility index (Phi) is 5.57. The van der Waals surface area contributed by atoms with Crippen LogP contribution in [-0.4, -0.2) is 17.4 Å². The van der Waals surface area contributed by atoms with Crippen LogP contribution in [0.25, 0.3) is 11.5 Å². The highest BCUT2D eigenvalue weighted by atomic mass is 79.9. The van der Waals surface area contributed by atoms with Crippen molar-refractivity contribution in [3.8, 4) is 11.5 Å². The summed E-state index contributed by atoms with van der Waals surface area (Å²) in [5, 5.41) is 2.97. The van der Waals surface area contributed by atoms with Gasteiger partial charge in [0, 0.05) is 28.6 Å². The molecule has 1 N–H and O–H groups in total. The van der Waals surface area contributed by atoms with Gasteiger partial charge in [-0.05, 0) is 50.1 Å². The normalized spacial score (nSPS) is 10.8. The lowest BCUT2D eigenvalue weighted by Gasteiger charge is -2.09. The van der Waals surface area contributed by atoms with E-state index in [-0.39, 0.29) is 5.91 Å². The highest BCUT2D eigenvalue weighted by Crippen LogP contribution is 2.22. The van der Waals surface area contributed by atoms with E-state index in [9.17, 15) is 4.79 Å². The zero-order valence-corrected chi connectivity index (χ0v) is 16.7. The van der Waals surface area contributed by atoms with Crippen LogP contribution in [-0.2, 0) is 6.42 Å². The van der Waals surface area contributed by atoms with Crippen LogP contribution in [0.3, 0.4) is 0 Å². The molecule has 1 amide bonds. The molecule has 2 aromatic carbocycles. The molecule has 1 heterocycles. The van der Waals surface area contributed by atoms with E-state index in [1.165, 1.54) is 0 Å². The lowest BCUT2D eigenvalue weighted by molar-refractivity contribution is 0.0953. The lowest BCUT2D eigenvalue weighted by Crippen LogP contribution is -2.26. The van der Waals surface area contributed by atoms with Gasteiger partial charge in [0.15, 0.2) is 0 Å². The number of rotatable bonds is 5. The number of carbonyl (C=O) groups excluding carboxylic acids is 1. The topological polar surface area (TPSA) is 55.1 Å². The van der Waals surface area contributed by atoms with E-state index in [0.717, 1.165) is 32.6 Å². The molecule has 26 heavy (non-hydrogen) atoms. The SMILES string of the molecule is Cc1cc(C)c(C(=O)NCCc2nc(-c3ccccc3)oc2C)cc1Br. The van der Waals surface area contributed by atoms with Gasteiger partial charge in [0.2, 0.25) is 5.89 Å². The molecular weight excluding hydrogens is 392 g/mol. The standard InChI is InChI=1S/C21H21BrN2O2/c1-13-11-14(2)18(22)12-17(13)20(25)23-10-9-19-15(3)26-21(24-19)16-7-5-4-6-8-16/h4-8,11-12H,9-10H2,1-3H3,(H,23,25).